The number of halogens is 1. The van der Waals surface area contributed by atoms with E-state index in [0.717, 1.165) is 24.1 Å². The Labute approximate surface area is 136 Å². The molecule has 116 valence electrons. The minimum absolute atomic E-state index is 0.242. The van der Waals surface area contributed by atoms with Crippen molar-refractivity contribution in [2.75, 3.05) is 11.9 Å². The van der Waals surface area contributed by atoms with Gasteiger partial charge in [-0.15, -0.1) is 0 Å². The van der Waals surface area contributed by atoms with Crippen molar-refractivity contribution in [3.63, 3.8) is 0 Å². The number of ether oxygens (including phenoxy) is 1. The Hall–Kier alpha value is -0.830. The molecule has 1 aromatic rings. The summed E-state index contributed by atoms with van der Waals surface area (Å²) < 4.78 is 6.02. The summed E-state index contributed by atoms with van der Waals surface area (Å²) in [5.41, 5.74) is 1.51. The molecule has 2 rings (SSSR count). The van der Waals surface area contributed by atoms with Crippen LogP contribution in [0, 0.1) is 5.41 Å². The smallest absolute Gasteiger partial charge is 0.130 e. The molecule has 0 amide bonds. The molecule has 0 atom stereocenters. The van der Waals surface area contributed by atoms with Crippen LogP contribution < -0.4 is 4.74 Å². The van der Waals surface area contributed by atoms with Gasteiger partial charge in [-0.25, -0.2) is 0 Å². The van der Waals surface area contributed by atoms with E-state index in [1.807, 2.05) is 12.1 Å². The Morgan fingerprint density at radius 2 is 1.86 bits per heavy atom. The fraction of sp³-hybridized carbons (Fsp3) is 0.611. The number of benzene rings is 1. The zero-order chi connectivity index (χ0) is 15.1. The molecule has 3 heteroatoms. The van der Waals surface area contributed by atoms with Crippen molar-refractivity contribution in [1.82, 2.24) is 0 Å². The van der Waals surface area contributed by atoms with E-state index >= 15 is 0 Å². The van der Waals surface area contributed by atoms with Gasteiger partial charge in [0.1, 0.15) is 11.5 Å². The van der Waals surface area contributed by atoms with E-state index in [0.29, 0.717) is 11.8 Å². The van der Waals surface area contributed by atoms with E-state index in [4.69, 9.17) is 4.74 Å². The van der Waals surface area contributed by atoms with Crippen molar-refractivity contribution in [1.29, 1.82) is 0 Å². The van der Waals surface area contributed by atoms with Crippen molar-refractivity contribution < 1.29 is 9.53 Å². The van der Waals surface area contributed by atoms with Gasteiger partial charge in [0.05, 0.1) is 6.61 Å². The summed E-state index contributed by atoms with van der Waals surface area (Å²) in [6, 6.07) is 8.19. The molecule has 0 spiro atoms. The minimum atomic E-state index is 0.242. The number of rotatable bonds is 7. The molecule has 0 aliphatic heterocycles. The quantitative estimate of drug-likeness (QED) is 0.650. The van der Waals surface area contributed by atoms with Crippen LogP contribution in [-0.4, -0.2) is 17.7 Å². The van der Waals surface area contributed by atoms with Crippen LogP contribution in [0.1, 0.15) is 51.0 Å². The zero-order valence-electron chi connectivity index (χ0n) is 12.9. The van der Waals surface area contributed by atoms with Gasteiger partial charge in [-0.2, -0.15) is 0 Å². The molecular weight excluding hydrogens is 328 g/mol. The molecule has 0 bridgehead atoms. The molecule has 0 saturated heterocycles. The van der Waals surface area contributed by atoms with E-state index in [1.165, 1.54) is 37.7 Å². The van der Waals surface area contributed by atoms with E-state index in [1.54, 1.807) is 6.92 Å². The van der Waals surface area contributed by atoms with Crippen molar-refractivity contribution in [3.8, 4) is 5.75 Å². The third-order valence-corrected chi connectivity index (χ3v) is 5.62. The number of carbonyl (C=O) groups excluding carboxylic acids is 1. The molecule has 1 aliphatic carbocycles. The highest BCUT2D eigenvalue weighted by Crippen LogP contribution is 2.38. The summed E-state index contributed by atoms with van der Waals surface area (Å²) in [5, 5.41) is 1.02. The molecule has 0 unspecified atom stereocenters. The molecule has 1 fully saturated rings. The Morgan fingerprint density at radius 1 is 1.19 bits per heavy atom. The normalized spacial score (nSPS) is 17.4. The van der Waals surface area contributed by atoms with E-state index in [2.05, 4.69) is 28.1 Å². The van der Waals surface area contributed by atoms with Crippen molar-refractivity contribution in [2.45, 2.75) is 51.9 Å². The number of hydrogen-bond acceptors (Lipinski definition) is 2. The van der Waals surface area contributed by atoms with Gasteiger partial charge in [-0.05, 0) is 43.9 Å². The van der Waals surface area contributed by atoms with Gasteiger partial charge in [0.15, 0.2) is 0 Å². The highest BCUT2D eigenvalue weighted by atomic mass is 79.9. The average molecular weight is 353 g/mol. The topological polar surface area (TPSA) is 26.3 Å². The fourth-order valence-electron chi connectivity index (χ4n) is 2.93. The standard InChI is InChI=1S/C18H25BrO2/c1-15(20)5-6-16-7-9-17(10-8-16)21-14-18(13-19)11-3-2-4-12-18/h7-10H,2-6,11-14H2,1H3. The first-order valence-electron chi connectivity index (χ1n) is 7.91. The van der Waals surface area contributed by atoms with Crippen LogP contribution in [0.2, 0.25) is 0 Å². The average Bonchev–Trinajstić information content (AvgIpc) is 2.53. The van der Waals surface area contributed by atoms with Gasteiger partial charge in [-0.3, -0.25) is 0 Å². The molecule has 0 heterocycles. The third kappa shape index (κ3) is 5.14. The van der Waals surface area contributed by atoms with E-state index < -0.39 is 0 Å². The van der Waals surface area contributed by atoms with Crippen LogP contribution in [0.5, 0.6) is 5.75 Å². The number of carbonyl (C=O) groups is 1. The van der Waals surface area contributed by atoms with Gasteiger partial charge in [0.25, 0.3) is 0 Å². The Bertz CT molecular complexity index is 447. The lowest BCUT2D eigenvalue weighted by molar-refractivity contribution is -0.116. The number of ketones is 1. The lowest BCUT2D eigenvalue weighted by Gasteiger charge is -2.35. The summed E-state index contributed by atoms with van der Waals surface area (Å²) in [4.78, 5) is 11.0. The lowest BCUT2D eigenvalue weighted by Crippen LogP contribution is -2.32. The van der Waals surface area contributed by atoms with E-state index in [-0.39, 0.29) is 5.78 Å². The number of Topliss-reactive ketones (excluding diaryl/α,β-unsaturated/α-hetero) is 1. The maximum Gasteiger partial charge on any atom is 0.130 e. The van der Waals surface area contributed by atoms with E-state index in [9.17, 15) is 4.79 Å². The molecule has 0 radical (unpaired) electrons. The maximum absolute atomic E-state index is 11.0. The number of hydrogen-bond donors (Lipinski definition) is 0. The zero-order valence-corrected chi connectivity index (χ0v) is 14.5. The highest BCUT2D eigenvalue weighted by Gasteiger charge is 2.31. The van der Waals surface area contributed by atoms with Gasteiger partial charge in [0.2, 0.25) is 0 Å². The second-order valence-electron chi connectivity index (χ2n) is 6.33. The first-order chi connectivity index (χ1) is 10.1. The van der Waals surface area contributed by atoms with Crippen LogP contribution in [0.3, 0.4) is 0 Å². The third-order valence-electron chi connectivity index (χ3n) is 4.43. The molecule has 1 saturated carbocycles. The highest BCUT2D eigenvalue weighted by molar-refractivity contribution is 9.09. The largest absolute Gasteiger partial charge is 0.493 e. The summed E-state index contributed by atoms with van der Waals surface area (Å²) in [7, 11) is 0. The minimum Gasteiger partial charge on any atom is -0.493 e. The van der Waals surface area contributed by atoms with Crippen LogP contribution in [0.25, 0.3) is 0 Å². The lowest BCUT2D eigenvalue weighted by atomic mass is 9.76. The monoisotopic (exact) mass is 352 g/mol. The predicted octanol–water partition coefficient (Wildman–Crippen LogP) is 4.93. The van der Waals surface area contributed by atoms with Crippen molar-refractivity contribution in [3.05, 3.63) is 29.8 Å². The Morgan fingerprint density at radius 3 is 2.43 bits per heavy atom. The Balaban J connectivity index is 1.86. The SMILES string of the molecule is CC(=O)CCc1ccc(OCC2(CBr)CCCCC2)cc1. The van der Waals surface area contributed by atoms with Crippen molar-refractivity contribution in [2.24, 2.45) is 5.41 Å². The molecule has 2 nitrogen and oxygen atoms in total. The predicted molar refractivity (Wildman–Crippen MR) is 90.3 cm³/mol. The molecule has 0 aromatic heterocycles. The van der Waals surface area contributed by atoms with Crippen LogP contribution in [0.15, 0.2) is 24.3 Å². The van der Waals surface area contributed by atoms with Crippen molar-refractivity contribution >= 4 is 21.7 Å². The van der Waals surface area contributed by atoms with Crippen LogP contribution in [0.4, 0.5) is 0 Å². The van der Waals surface area contributed by atoms with Gasteiger partial charge >= 0.3 is 0 Å². The number of aryl methyl sites for hydroxylation is 1. The fourth-order valence-corrected chi connectivity index (χ4v) is 3.65. The maximum atomic E-state index is 11.0. The van der Waals surface area contributed by atoms with Gasteiger partial charge < -0.3 is 9.53 Å². The molecular formula is C18H25BrO2. The van der Waals surface area contributed by atoms with Crippen LogP contribution >= 0.6 is 15.9 Å². The molecule has 1 aliphatic rings. The Kier molecular flexibility index (Phi) is 6.28. The molecule has 1 aromatic carbocycles. The molecule has 21 heavy (non-hydrogen) atoms. The molecule has 0 N–H and O–H groups in total. The van der Waals surface area contributed by atoms with Gasteiger partial charge in [-0.1, -0.05) is 47.3 Å². The number of alkyl halides is 1. The summed E-state index contributed by atoms with van der Waals surface area (Å²) in [6.45, 7) is 2.44. The summed E-state index contributed by atoms with van der Waals surface area (Å²) >= 11 is 3.68. The van der Waals surface area contributed by atoms with Crippen LogP contribution in [-0.2, 0) is 11.2 Å². The first-order valence-corrected chi connectivity index (χ1v) is 9.03. The second-order valence-corrected chi connectivity index (χ2v) is 6.89. The second kappa shape index (κ2) is 7.98. The summed E-state index contributed by atoms with van der Waals surface area (Å²) in [5.74, 6) is 1.18. The first kappa shape index (κ1) is 16.5. The van der Waals surface area contributed by atoms with Gasteiger partial charge in [0, 0.05) is 17.2 Å². The summed E-state index contributed by atoms with van der Waals surface area (Å²) in [6.07, 6.45) is 7.95.